The molecule has 2 atom stereocenters. The number of carbonyl (C=O) groups excluding carboxylic acids is 4. The molecule has 1 fully saturated rings. The van der Waals surface area contributed by atoms with Gasteiger partial charge in [-0.05, 0) is 50.2 Å². The van der Waals surface area contributed by atoms with E-state index in [1.807, 2.05) is 19.1 Å². The average Bonchev–Trinajstić information content (AvgIpc) is 3.29. The van der Waals surface area contributed by atoms with Crippen molar-refractivity contribution in [2.45, 2.75) is 25.9 Å². The fraction of sp³-hybridized carbons (Fsp3) is 0.273. The summed E-state index contributed by atoms with van der Waals surface area (Å²) in [6, 6.07) is 11.3. The number of ether oxygens (including phenoxy) is 1. The molecule has 4 rings (SSSR count). The van der Waals surface area contributed by atoms with Crippen LogP contribution in [-0.2, 0) is 19.1 Å². The minimum atomic E-state index is -0.972. The summed E-state index contributed by atoms with van der Waals surface area (Å²) in [5.74, 6) is -1.83. The third-order valence-electron chi connectivity index (χ3n) is 5.14. The predicted molar refractivity (Wildman–Crippen MR) is 114 cm³/mol. The van der Waals surface area contributed by atoms with Gasteiger partial charge in [0.2, 0.25) is 5.91 Å². The molecule has 0 aromatic heterocycles. The molecule has 0 bridgehead atoms. The Bertz CT molecular complexity index is 1100. The van der Waals surface area contributed by atoms with Crippen LogP contribution in [0, 0.1) is 6.92 Å². The van der Waals surface area contributed by atoms with E-state index in [1.54, 1.807) is 31.2 Å². The van der Waals surface area contributed by atoms with Gasteiger partial charge in [0.05, 0.1) is 17.9 Å². The Hall–Kier alpha value is -4.08. The maximum Gasteiger partial charge on any atom is 0.338 e. The topological polar surface area (TPSA) is 121 Å². The number of rotatable bonds is 6. The van der Waals surface area contributed by atoms with Crippen LogP contribution in [0.25, 0.3) is 0 Å². The van der Waals surface area contributed by atoms with Gasteiger partial charge in [0.1, 0.15) is 6.54 Å². The Labute approximate surface area is 183 Å². The van der Waals surface area contributed by atoms with Crippen LogP contribution in [0.2, 0.25) is 0 Å². The van der Waals surface area contributed by atoms with Crippen LogP contribution >= 0.6 is 0 Å². The fourth-order valence-electron chi connectivity index (χ4n) is 3.55. The van der Waals surface area contributed by atoms with E-state index in [0.29, 0.717) is 16.9 Å². The largest absolute Gasteiger partial charge is 0.462 e. The van der Waals surface area contributed by atoms with Crippen molar-refractivity contribution in [3.05, 3.63) is 59.7 Å². The van der Waals surface area contributed by atoms with Crippen molar-refractivity contribution in [3.63, 3.8) is 0 Å². The molecule has 0 aliphatic carbocycles. The Balaban J connectivity index is 1.41. The first-order valence-corrected chi connectivity index (χ1v) is 10.1. The smallest absolute Gasteiger partial charge is 0.338 e. The van der Waals surface area contributed by atoms with E-state index in [9.17, 15) is 19.2 Å². The van der Waals surface area contributed by atoms with Crippen LogP contribution in [0.4, 0.5) is 11.4 Å². The second kappa shape index (κ2) is 8.58. The van der Waals surface area contributed by atoms with E-state index in [0.717, 1.165) is 10.5 Å². The van der Waals surface area contributed by atoms with E-state index in [-0.39, 0.29) is 13.2 Å². The number of hydrogen-bond acceptors (Lipinski definition) is 8. The monoisotopic (exact) mass is 435 g/mol. The summed E-state index contributed by atoms with van der Waals surface area (Å²) in [5.41, 5.74) is 2.29. The van der Waals surface area contributed by atoms with E-state index in [2.05, 4.69) is 15.7 Å². The molecule has 1 saturated heterocycles. The van der Waals surface area contributed by atoms with Gasteiger partial charge in [-0.25, -0.2) is 9.69 Å². The van der Waals surface area contributed by atoms with Crippen molar-refractivity contribution in [1.29, 1.82) is 0 Å². The maximum absolute atomic E-state index is 13.0. The lowest BCUT2D eigenvalue weighted by Crippen LogP contribution is -2.43. The number of nitrogens with zero attached hydrogens (tertiary/aromatic N) is 4. The molecule has 2 aliphatic heterocycles. The van der Waals surface area contributed by atoms with Gasteiger partial charge in [0.25, 0.3) is 11.8 Å². The first-order chi connectivity index (χ1) is 15.4. The molecule has 1 N–H and O–H groups in total. The van der Waals surface area contributed by atoms with Crippen LogP contribution < -0.4 is 10.2 Å². The number of nitrogens with one attached hydrogen (secondary N) is 1. The highest BCUT2D eigenvalue weighted by atomic mass is 16.5. The van der Waals surface area contributed by atoms with Crippen LogP contribution in [0.1, 0.15) is 22.8 Å². The maximum atomic E-state index is 13.0. The minimum absolute atomic E-state index is 0.259. The number of esters is 1. The zero-order valence-corrected chi connectivity index (χ0v) is 17.5. The van der Waals surface area contributed by atoms with Gasteiger partial charge in [-0.2, -0.15) is 5.11 Å². The summed E-state index contributed by atoms with van der Waals surface area (Å²) in [6.07, 6.45) is 0. The quantitative estimate of drug-likeness (QED) is 0.548. The first kappa shape index (κ1) is 21.2. The number of hydrogen-bond donors (Lipinski definition) is 1. The fourth-order valence-corrected chi connectivity index (χ4v) is 3.55. The summed E-state index contributed by atoms with van der Waals surface area (Å²) in [7, 11) is 0. The molecular weight excluding hydrogens is 414 g/mol. The summed E-state index contributed by atoms with van der Waals surface area (Å²) < 4.78 is 4.92. The Morgan fingerprint density at radius 3 is 2.38 bits per heavy atom. The second-order valence-corrected chi connectivity index (χ2v) is 7.39. The van der Waals surface area contributed by atoms with Gasteiger partial charge < -0.3 is 10.1 Å². The summed E-state index contributed by atoms with van der Waals surface area (Å²) in [6.45, 7) is 3.64. The lowest BCUT2D eigenvalue weighted by molar-refractivity contribution is -0.123. The molecule has 10 heteroatoms. The van der Waals surface area contributed by atoms with Crippen molar-refractivity contribution >= 4 is 35.1 Å². The van der Waals surface area contributed by atoms with Gasteiger partial charge in [0, 0.05) is 5.69 Å². The second-order valence-electron chi connectivity index (χ2n) is 7.39. The molecule has 3 amide bonds. The lowest BCUT2D eigenvalue weighted by atomic mass is 10.1. The molecule has 2 heterocycles. The number of benzene rings is 2. The van der Waals surface area contributed by atoms with Gasteiger partial charge >= 0.3 is 5.97 Å². The van der Waals surface area contributed by atoms with Gasteiger partial charge in [-0.1, -0.05) is 22.9 Å². The lowest BCUT2D eigenvalue weighted by Gasteiger charge is -2.20. The highest BCUT2D eigenvalue weighted by molar-refractivity contribution is 6.25. The highest BCUT2D eigenvalue weighted by Crippen LogP contribution is 2.31. The number of carbonyl (C=O) groups is 4. The van der Waals surface area contributed by atoms with Crippen molar-refractivity contribution in [3.8, 4) is 0 Å². The van der Waals surface area contributed by atoms with Crippen LogP contribution in [0.3, 0.4) is 0 Å². The molecule has 164 valence electrons. The number of fused-ring (bicyclic) bond motifs is 1. The normalized spacial score (nSPS) is 19.3. The Kier molecular flexibility index (Phi) is 5.67. The van der Waals surface area contributed by atoms with Gasteiger partial charge in [0.15, 0.2) is 12.1 Å². The van der Waals surface area contributed by atoms with Crippen molar-refractivity contribution in [2.75, 3.05) is 23.4 Å². The standard InChI is InChI=1S/C22H21N5O5/c1-3-32-22(31)14-6-8-15(9-7-14)23-17(28)12-26-19-18(24-25-26)20(29)27(21(19)30)16-10-4-13(2)5-11-16/h4-11,18-19H,3,12H2,1-2H3,(H,23,28)/t18-,19-/m1/s1. The molecule has 2 aromatic rings. The number of imide groups is 1. The SMILES string of the molecule is CCOC(=O)c1ccc(NC(=O)CN2N=N[C@H]3C(=O)N(c4ccc(C)cc4)C(=O)[C@@H]32)cc1. The summed E-state index contributed by atoms with van der Waals surface area (Å²) in [4.78, 5) is 51.0. The highest BCUT2D eigenvalue weighted by Gasteiger charge is 2.55. The van der Waals surface area contributed by atoms with Crippen LogP contribution in [0.15, 0.2) is 58.9 Å². The third kappa shape index (κ3) is 3.94. The molecule has 10 nitrogen and oxygen atoms in total. The molecule has 2 aliphatic rings. The van der Waals surface area contributed by atoms with Gasteiger partial charge in [-0.3, -0.25) is 19.4 Å². The summed E-state index contributed by atoms with van der Waals surface area (Å²) >= 11 is 0. The first-order valence-electron chi connectivity index (χ1n) is 10.1. The minimum Gasteiger partial charge on any atom is -0.462 e. The van der Waals surface area contributed by atoms with Crippen LogP contribution in [0.5, 0.6) is 0 Å². The van der Waals surface area contributed by atoms with E-state index >= 15 is 0 Å². The average molecular weight is 435 g/mol. The van der Waals surface area contributed by atoms with Crippen molar-refractivity contribution in [2.24, 2.45) is 10.3 Å². The molecule has 2 aromatic carbocycles. The van der Waals surface area contributed by atoms with E-state index < -0.39 is 35.8 Å². The Morgan fingerprint density at radius 2 is 1.72 bits per heavy atom. The zero-order valence-electron chi connectivity index (χ0n) is 17.5. The van der Waals surface area contributed by atoms with Crippen molar-refractivity contribution < 1.29 is 23.9 Å². The number of aryl methyl sites for hydroxylation is 1. The van der Waals surface area contributed by atoms with Gasteiger partial charge in [-0.15, -0.1) is 0 Å². The van der Waals surface area contributed by atoms with E-state index in [4.69, 9.17) is 4.74 Å². The molecule has 0 radical (unpaired) electrons. The molecule has 0 unspecified atom stereocenters. The third-order valence-corrected chi connectivity index (χ3v) is 5.14. The predicted octanol–water partition coefficient (Wildman–Crippen LogP) is 2.10. The van der Waals surface area contributed by atoms with Crippen molar-refractivity contribution in [1.82, 2.24) is 5.01 Å². The molecule has 0 saturated carbocycles. The number of amides is 3. The number of anilines is 2. The zero-order chi connectivity index (χ0) is 22.8. The molecular formula is C22H21N5O5. The Morgan fingerprint density at radius 1 is 1.03 bits per heavy atom. The van der Waals surface area contributed by atoms with Crippen LogP contribution in [-0.4, -0.2) is 53.9 Å². The molecule has 0 spiro atoms. The molecule has 32 heavy (non-hydrogen) atoms. The van der Waals surface area contributed by atoms with E-state index in [1.165, 1.54) is 17.1 Å². The summed E-state index contributed by atoms with van der Waals surface area (Å²) in [5, 5.41) is 11.7.